The van der Waals surface area contributed by atoms with Gasteiger partial charge in [-0.25, -0.2) is 0 Å². The summed E-state index contributed by atoms with van der Waals surface area (Å²) in [5.74, 6) is 0.0493. The molecule has 1 unspecified atom stereocenters. The van der Waals surface area contributed by atoms with Crippen molar-refractivity contribution >= 4 is 17.4 Å². The van der Waals surface area contributed by atoms with Crippen molar-refractivity contribution in [2.45, 2.75) is 46.8 Å². The lowest BCUT2D eigenvalue weighted by molar-refractivity contribution is -0.140. The maximum absolute atomic E-state index is 13.5. The van der Waals surface area contributed by atoms with Crippen LogP contribution in [0, 0.1) is 6.92 Å². The first-order valence-electron chi connectivity index (χ1n) is 13.4. The summed E-state index contributed by atoms with van der Waals surface area (Å²) in [7, 11) is 1.53. The maximum atomic E-state index is 13.5. The minimum Gasteiger partial charge on any atom is -0.507 e. The van der Waals surface area contributed by atoms with Gasteiger partial charge in [-0.15, -0.1) is 0 Å². The van der Waals surface area contributed by atoms with Gasteiger partial charge in [0.25, 0.3) is 11.7 Å². The second kappa shape index (κ2) is 13.3. The predicted molar refractivity (Wildman–Crippen MR) is 152 cm³/mol. The van der Waals surface area contributed by atoms with E-state index in [1.807, 2.05) is 26.8 Å². The van der Waals surface area contributed by atoms with Crippen LogP contribution in [0.25, 0.3) is 5.76 Å². The van der Waals surface area contributed by atoms with Gasteiger partial charge in [0.05, 0.1) is 24.8 Å². The van der Waals surface area contributed by atoms with Crippen molar-refractivity contribution in [1.29, 1.82) is 0 Å². The number of ether oxygens (including phenoxy) is 3. The van der Waals surface area contributed by atoms with Gasteiger partial charge in [-0.05, 0) is 75.3 Å². The topological polar surface area (TPSA) is 88.5 Å². The molecule has 0 spiro atoms. The average molecular weight is 537 g/mol. The van der Waals surface area contributed by atoms with Gasteiger partial charge in [0.2, 0.25) is 0 Å². The van der Waals surface area contributed by atoms with Gasteiger partial charge in [-0.3, -0.25) is 9.59 Å². The number of likely N-dealkylation sites (N-methyl/N-ethyl adjacent to an activating group) is 1. The quantitative estimate of drug-likeness (QED) is 0.165. The summed E-state index contributed by atoms with van der Waals surface area (Å²) < 4.78 is 17.0. The smallest absolute Gasteiger partial charge is 0.295 e. The lowest BCUT2D eigenvalue weighted by atomic mass is 9.93. The summed E-state index contributed by atoms with van der Waals surface area (Å²) in [5.41, 5.74) is 1.87. The van der Waals surface area contributed by atoms with Crippen LogP contribution in [-0.2, 0) is 9.59 Å². The second-order valence-corrected chi connectivity index (χ2v) is 9.67. The molecular formula is C31H40N2O6. The summed E-state index contributed by atoms with van der Waals surface area (Å²) >= 11 is 0. The van der Waals surface area contributed by atoms with E-state index in [-0.39, 0.29) is 17.4 Å². The molecule has 39 heavy (non-hydrogen) atoms. The SMILES string of the molecule is C=CCOc1ccc(C2/C(=C(\O)c3ccc(OC(C)C)cc3C)C(=O)C(=O)N2CCN(CC)CC)cc1OC. The monoisotopic (exact) mass is 536 g/mol. The van der Waals surface area contributed by atoms with Crippen LogP contribution in [0.4, 0.5) is 0 Å². The molecule has 1 heterocycles. The van der Waals surface area contributed by atoms with E-state index >= 15 is 0 Å². The van der Waals surface area contributed by atoms with Gasteiger partial charge >= 0.3 is 0 Å². The first-order valence-corrected chi connectivity index (χ1v) is 13.4. The molecule has 8 nitrogen and oxygen atoms in total. The minimum absolute atomic E-state index is 0.00612. The van der Waals surface area contributed by atoms with Crippen LogP contribution < -0.4 is 14.2 Å². The third-order valence-corrected chi connectivity index (χ3v) is 6.78. The van der Waals surface area contributed by atoms with Gasteiger partial charge in [0.1, 0.15) is 18.1 Å². The zero-order chi connectivity index (χ0) is 28.7. The van der Waals surface area contributed by atoms with Crippen molar-refractivity contribution < 1.29 is 28.9 Å². The van der Waals surface area contributed by atoms with E-state index in [9.17, 15) is 14.7 Å². The van der Waals surface area contributed by atoms with E-state index in [1.54, 1.807) is 36.4 Å². The normalized spacial score (nSPS) is 16.7. The number of benzene rings is 2. The second-order valence-electron chi connectivity index (χ2n) is 9.67. The maximum Gasteiger partial charge on any atom is 0.295 e. The number of methoxy groups -OCH3 is 1. The van der Waals surface area contributed by atoms with Crippen LogP contribution in [0.2, 0.25) is 0 Å². The van der Waals surface area contributed by atoms with Gasteiger partial charge in [-0.2, -0.15) is 0 Å². The molecule has 2 aromatic rings. The molecule has 1 amide bonds. The molecule has 0 aromatic heterocycles. The van der Waals surface area contributed by atoms with E-state index in [0.717, 1.165) is 18.7 Å². The number of rotatable bonds is 13. The number of hydrogen-bond acceptors (Lipinski definition) is 7. The molecule has 1 aliphatic heterocycles. The highest BCUT2D eigenvalue weighted by Gasteiger charge is 2.46. The first kappa shape index (κ1) is 29.8. The molecule has 1 fully saturated rings. The highest BCUT2D eigenvalue weighted by Crippen LogP contribution is 2.42. The fourth-order valence-corrected chi connectivity index (χ4v) is 4.76. The first-order chi connectivity index (χ1) is 18.7. The van der Waals surface area contributed by atoms with E-state index < -0.39 is 17.7 Å². The van der Waals surface area contributed by atoms with E-state index in [4.69, 9.17) is 14.2 Å². The highest BCUT2D eigenvalue weighted by molar-refractivity contribution is 6.46. The largest absolute Gasteiger partial charge is 0.507 e. The van der Waals surface area contributed by atoms with Crippen molar-refractivity contribution in [2.75, 3.05) is 39.9 Å². The Morgan fingerprint density at radius 3 is 2.44 bits per heavy atom. The number of hydrogen-bond donors (Lipinski definition) is 1. The van der Waals surface area contributed by atoms with Crippen molar-refractivity contribution in [3.05, 3.63) is 71.3 Å². The predicted octanol–water partition coefficient (Wildman–Crippen LogP) is 5.12. The molecule has 3 rings (SSSR count). The number of carbonyl (C=O) groups excluding carboxylic acids is 2. The lowest BCUT2D eigenvalue weighted by Crippen LogP contribution is -2.38. The number of ketones is 1. The number of aryl methyl sites for hydroxylation is 1. The Labute approximate surface area is 231 Å². The van der Waals surface area contributed by atoms with Crippen molar-refractivity contribution in [1.82, 2.24) is 9.80 Å². The Bertz CT molecular complexity index is 1230. The lowest BCUT2D eigenvalue weighted by Gasteiger charge is -2.28. The van der Waals surface area contributed by atoms with Crippen LogP contribution in [-0.4, -0.2) is 72.6 Å². The van der Waals surface area contributed by atoms with Gasteiger partial charge in [-0.1, -0.05) is 32.6 Å². The number of Topliss-reactive ketones (excluding diaryl/α,β-unsaturated/α-hetero) is 1. The molecule has 2 aromatic carbocycles. The van der Waals surface area contributed by atoms with Crippen molar-refractivity contribution in [3.8, 4) is 17.2 Å². The summed E-state index contributed by atoms with van der Waals surface area (Å²) in [4.78, 5) is 30.6. The third kappa shape index (κ3) is 6.63. The Morgan fingerprint density at radius 2 is 1.85 bits per heavy atom. The standard InChI is InChI=1S/C31H40N2O6/c1-8-17-38-25-14-11-22(19-26(25)37-7)28-27(30(35)31(36)33(28)16-15-32(9-2)10-3)29(34)24-13-12-23(18-21(24)6)39-20(4)5/h8,11-14,18-20,28,34H,1,9-10,15-17H2,2-7H3/b29-27+. The van der Waals surface area contributed by atoms with Crippen LogP contribution in [0.3, 0.4) is 0 Å². The third-order valence-electron chi connectivity index (χ3n) is 6.78. The van der Waals surface area contributed by atoms with Crippen LogP contribution in [0.1, 0.15) is 50.4 Å². The molecule has 1 aliphatic rings. The zero-order valence-corrected chi connectivity index (χ0v) is 23.8. The number of nitrogens with zero attached hydrogens (tertiary/aromatic N) is 2. The Kier molecular flexibility index (Phi) is 10.2. The Hall–Kier alpha value is -3.78. The Morgan fingerprint density at radius 1 is 1.13 bits per heavy atom. The van der Waals surface area contributed by atoms with Crippen molar-refractivity contribution in [3.63, 3.8) is 0 Å². The molecule has 1 N–H and O–H groups in total. The molecule has 0 aliphatic carbocycles. The van der Waals surface area contributed by atoms with Gasteiger partial charge in [0.15, 0.2) is 11.5 Å². The minimum atomic E-state index is -0.797. The summed E-state index contributed by atoms with van der Waals surface area (Å²) in [6, 6.07) is 9.77. The summed E-state index contributed by atoms with van der Waals surface area (Å²) in [5, 5.41) is 11.5. The van der Waals surface area contributed by atoms with Gasteiger partial charge < -0.3 is 29.1 Å². The molecule has 0 radical (unpaired) electrons. The fraction of sp³-hybridized carbons (Fsp3) is 0.419. The summed E-state index contributed by atoms with van der Waals surface area (Å²) in [6.45, 7) is 16.3. The molecule has 0 bridgehead atoms. The fourth-order valence-electron chi connectivity index (χ4n) is 4.76. The van der Waals surface area contributed by atoms with Crippen LogP contribution >= 0.6 is 0 Å². The van der Waals surface area contributed by atoms with E-state index in [1.165, 1.54) is 12.0 Å². The highest BCUT2D eigenvalue weighted by atomic mass is 16.5. The molecule has 210 valence electrons. The molecule has 1 atom stereocenters. The van der Waals surface area contributed by atoms with Crippen LogP contribution in [0.15, 0.2) is 54.6 Å². The number of carbonyl (C=O) groups is 2. The molecular weight excluding hydrogens is 496 g/mol. The summed E-state index contributed by atoms with van der Waals surface area (Å²) in [6.07, 6.45) is 1.63. The molecule has 8 heteroatoms. The van der Waals surface area contributed by atoms with E-state index in [0.29, 0.717) is 48.1 Å². The van der Waals surface area contributed by atoms with Crippen molar-refractivity contribution in [2.24, 2.45) is 0 Å². The molecule has 1 saturated heterocycles. The number of aliphatic hydroxyl groups is 1. The average Bonchev–Trinajstić information content (AvgIpc) is 3.16. The number of likely N-dealkylation sites (tertiary alicyclic amines) is 1. The number of amides is 1. The number of aliphatic hydroxyl groups excluding tert-OH is 1. The molecule has 0 saturated carbocycles. The van der Waals surface area contributed by atoms with Gasteiger partial charge in [0, 0.05) is 18.7 Å². The Balaban J connectivity index is 2.15. The zero-order valence-electron chi connectivity index (χ0n) is 23.8. The van der Waals surface area contributed by atoms with Crippen LogP contribution in [0.5, 0.6) is 17.2 Å². The van der Waals surface area contributed by atoms with E-state index in [2.05, 4.69) is 25.3 Å².